The molecule has 0 aromatic carbocycles. The minimum Gasteiger partial charge on any atom is -0.469 e. The van der Waals surface area contributed by atoms with Gasteiger partial charge in [0.1, 0.15) is 5.78 Å². The SMILES string of the molecule is COC(=O)CCC1CC2(CCC1=O)OCCO2. The fourth-order valence-electron chi connectivity index (χ4n) is 2.53. The van der Waals surface area contributed by atoms with Crippen LogP contribution in [0.25, 0.3) is 0 Å². The molecule has 2 fully saturated rings. The Balaban J connectivity index is 1.90. The molecule has 2 rings (SSSR count). The summed E-state index contributed by atoms with van der Waals surface area (Å²) in [6.45, 7) is 1.19. The third kappa shape index (κ3) is 2.84. The summed E-state index contributed by atoms with van der Waals surface area (Å²) in [5.41, 5.74) is 0. The van der Waals surface area contributed by atoms with Crippen molar-refractivity contribution in [2.75, 3.05) is 20.3 Å². The van der Waals surface area contributed by atoms with Gasteiger partial charge in [-0.2, -0.15) is 0 Å². The van der Waals surface area contributed by atoms with E-state index < -0.39 is 5.79 Å². The Morgan fingerprint density at radius 3 is 2.82 bits per heavy atom. The lowest BCUT2D eigenvalue weighted by atomic mass is 9.81. The van der Waals surface area contributed by atoms with Crippen LogP contribution in [0.3, 0.4) is 0 Å². The summed E-state index contributed by atoms with van der Waals surface area (Å²) >= 11 is 0. The highest BCUT2D eigenvalue weighted by Crippen LogP contribution is 2.38. The number of esters is 1. The van der Waals surface area contributed by atoms with Crippen molar-refractivity contribution in [3.8, 4) is 0 Å². The van der Waals surface area contributed by atoms with Crippen LogP contribution in [-0.2, 0) is 23.8 Å². The van der Waals surface area contributed by atoms with E-state index in [1.54, 1.807) is 0 Å². The van der Waals surface area contributed by atoms with Gasteiger partial charge in [-0.15, -0.1) is 0 Å². The number of hydrogen-bond acceptors (Lipinski definition) is 5. The van der Waals surface area contributed by atoms with Gasteiger partial charge in [-0.1, -0.05) is 0 Å². The zero-order valence-corrected chi connectivity index (χ0v) is 10.1. The molecule has 5 heteroatoms. The molecular weight excluding hydrogens is 224 g/mol. The van der Waals surface area contributed by atoms with Crippen molar-refractivity contribution in [2.45, 2.75) is 37.9 Å². The zero-order valence-electron chi connectivity index (χ0n) is 10.1. The van der Waals surface area contributed by atoms with Crippen molar-refractivity contribution < 1.29 is 23.8 Å². The van der Waals surface area contributed by atoms with Crippen molar-refractivity contribution in [3.05, 3.63) is 0 Å². The number of carbonyl (C=O) groups is 2. The van der Waals surface area contributed by atoms with Gasteiger partial charge in [0.05, 0.1) is 20.3 Å². The molecule has 1 aliphatic carbocycles. The molecule has 5 nitrogen and oxygen atoms in total. The molecule has 1 atom stereocenters. The van der Waals surface area contributed by atoms with Crippen molar-refractivity contribution in [2.24, 2.45) is 5.92 Å². The summed E-state index contributed by atoms with van der Waals surface area (Å²) in [4.78, 5) is 22.8. The molecule has 1 saturated heterocycles. The second-order valence-electron chi connectivity index (χ2n) is 4.59. The van der Waals surface area contributed by atoms with Gasteiger partial charge in [0, 0.05) is 31.6 Å². The quantitative estimate of drug-likeness (QED) is 0.692. The smallest absolute Gasteiger partial charge is 0.305 e. The Morgan fingerprint density at radius 1 is 1.47 bits per heavy atom. The van der Waals surface area contributed by atoms with Crippen molar-refractivity contribution in [3.63, 3.8) is 0 Å². The highest BCUT2D eigenvalue weighted by atomic mass is 16.7. The summed E-state index contributed by atoms with van der Waals surface area (Å²) in [6, 6.07) is 0. The maximum absolute atomic E-state index is 11.8. The molecule has 1 aliphatic heterocycles. The highest BCUT2D eigenvalue weighted by Gasteiger charge is 2.44. The van der Waals surface area contributed by atoms with E-state index in [2.05, 4.69) is 4.74 Å². The maximum Gasteiger partial charge on any atom is 0.305 e. The number of rotatable bonds is 3. The number of hydrogen-bond donors (Lipinski definition) is 0. The molecule has 17 heavy (non-hydrogen) atoms. The first-order valence-electron chi connectivity index (χ1n) is 6.03. The second kappa shape index (κ2) is 5.14. The summed E-state index contributed by atoms with van der Waals surface area (Å²) in [5, 5.41) is 0. The fraction of sp³-hybridized carbons (Fsp3) is 0.833. The standard InChI is InChI=1S/C12H18O5/c1-15-11(14)3-2-9-8-12(5-4-10(9)13)16-6-7-17-12/h9H,2-8H2,1H3. The van der Waals surface area contributed by atoms with Crippen molar-refractivity contribution >= 4 is 11.8 Å². The normalized spacial score (nSPS) is 27.4. The Morgan fingerprint density at radius 2 is 2.18 bits per heavy atom. The molecule has 0 bridgehead atoms. The molecule has 1 saturated carbocycles. The number of ether oxygens (including phenoxy) is 3. The van der Waals surface area contributed by atoms with Crippen LogP contribution in [0.5, 0.6) is 0 Å². The summed E-state index contributed by atoms with van der Waals surface area (Å²) in [7, 11) is 1.36. The van der Waals surface area contributed by atoms with E-state index in [4.69, 9.17) is 9.47 Å². The molecule has 2 aliphatic rings. The van der Waals surface area contributed by atoms with Crippen LogP contribution >= 0.6 is 0 Å². The minimum atomic E-state index is -0.561. The lowest BCUT2D eigenvalue weighted by Crippen LogP contribution is -2.40. The van der Waals surface area contributed by atoms with E-state index in [1.165, 1.54) is 7.11 Å². The molecule has 1 unspecified atom stereocenters. The van der Waals surface area contributed by atoms with Gasteiger partial charge in [-0.25, -0.2) is 0 Å². The van der Waals surface area contributed by atoms with Gasteiger partial charge >= 0.3 is 5.97 Å². The summed E-state index contributed by atoms with van der Waals surface area (Å²) in [5.74, 6) is -0.764. The number of ketones is 1. The van der Waals surface area contributed by atoms with E-state index in [1.807, 2.05) is 0 Å². The molecule has 0 amide bonds. The Bertz CT molecular complexity index is 306. The lowest BCUT2D eigenvalue weighted by molar-refractivity contribution is -0.189. The van der Waals surface area contributed by atoms with Gasteiger partial charge < -0.3 is 14.2 Å². The van der Waals surface area contributed by atoms with E-state index in [0.717, 1.165) is 0 Å². The first kappa shape index (κ1) is 12.5. The number of Topliss-reactive ketones (excluding diaryl/α,β-unsaturated/α-hetero) is 1. The van der Waals surface area contributed by atoms with Crippen molar-refractivity contribution in [1.82, 2.24) is 0 Å². The Labute approximate surface area is 100 Å². The van der Waals surface area contributed by atoms with Crippen LogP contribution in [0, 0.1) is 5.92 Å². The van der Waals surface area contributed by atoms with Crippen LogP contribution in [0.1, 0.15) is 32.1 Å². The van der Waals surface area contributed by atoms with Crippen molar-refractivity contribution in [1.29, 1.82) is 0 Å². The van der Waals surface area contributed by atoms with Crippen LogP contribution < -0.4 is 0 Å². The summed E-state index contributed by atoms with van der Waals surface area (Å²) in [6.07, 6.45) is 2.50. The molecule has 1 heterocycles. The van der Waals surface area contributed by atoms with Gasteiger partial charge in [-0.3, -0.25) is 9.59 Å². The molecule has 96 valence electrons. The molecule has 0 N–H and O–H groups in total. The second-order valence-corrected chi connectivity index (χ2v) is 4.59. The van der Waals surface area contributed by atoms with Crippen LogP contribution in [0.15, 0.2) is 0 Å². The first-order valence-corrected chi connectivity index (χ1v) is 6.03. The van der Waals surface area contributed by atoms with Crippen LogP contribution in [0.2, 0.25) is 0 Å². The van der Waals surface area contributed by atoms with Crippen LogP contribution in [0.4, 0.5) is 0 Å². The number of carbonyl (C=O) groups excluding carboxylic acids is 2. The minimum absolute atomic E-state index is 0.138. The zero-order chi connectivity index (χ0) is 12.3. The molecule has 0 aromatic heterocycles. The molecular formula is C12H18O5. The van der Waals surface area contributed by atoms with E-state index >= 15 is 0 Å². The third-order valence-electron chi connectivity index (χ3n) is 3.50. The largest absolute Gasteiger partial charge is 0.469 e. The average Bonchev–Trinajstić information content (AvgIpc) is 2.79. The molecule has 1 spiro atoms. The van der Waals surface area contributed by atoms with E-state index in [0.29, 0.717) is 38.9 Å². The highest BCUT2D eigenvalue weighted by molar-refractivity contribution is 5.82. The van der Waals surface area contributed by atoms with Gasteiger partial charge in [0.2, 0.25) is 0 Å². The number of methoxy groups -OCH3 is 1. The average molecular weight is 242 g/mol. The predicted molar refractivity (Wildman–Crippen MR) is 58.2 cm³/mol. The van der Waals surface area contributed by atoms with Gasteiger partial charge in [0.25, 0.3) is 0 Å². The molecule has 0 radical (unpaired) electrons. The Kier molecular flexibility index (Phi) is 3.79. The molecule has 0 aromatic rings. The predicted octanol–water partition coefficient (Wildman–Crippen LogP) is 1.05. The monoisotopic (exact) mass is 242 g/mol. The topological polar surface area (TPSA) is 61.8 Å². The lowest BCUT2D eigenvalue weighted by Gasteiger charge is -2.35. The van der Waals surface area contributed by atoms with Gasteiger partial charge in [-0.05, 0) is 6.42 Å². The van der Waals surface area contributed by atoms with Gasteiger partial charge in [0.15, 0.2) is 5.79 Å². The first-order chi connectivity index (χ1) is 8.15. The fourth-order valence-corrected chi connectivity index (χ4v) is 2.53. The van der Waals surface area contributed by atoms with E-state index in [9.17, 15) is 9.59 Å². The third-order valence-corrected chi connectivity index (χ3v) is 3.50. The maximum atomic E-state index is 11.8. The summed E-state index contributed by atoms with van der Waals surface area (Å²) < 4.78 is 15.8. The van der Waals surface area contributed by atoms with Crippen LogP contribution in [-0.4, -0.2) is 37.9 Å². The van der Waals surface area contributed by atoms with E-state index in [-0.39, 0.29) is 24.1 Å². The Hall–Kier alpha value is -0.940.